The number of carbonyl (C=O) groups is 1. The van der Waals surface area contributed by atoms with E-state index < -0.39 is 4.92 Å². The molecule has 0 radical (unpaired) electrons. The SMILES string of the molecule is Cc1cccc(Cn2cc(/C=N\NC(=O)c3cc4cc([N+](=O)[O-])ccc4s3)c3ccccc32)c1. The summed E-state index contributed by atoms with van der Waals surface area (Å²) in [5.74, 6) is -0.358. The quantitative estimate of drug-likeness (QED) is 0.192. The molecule has 34 heavy (non-hydrogen) atoms. The number of fused-ring (bicyclic) bond motifs is 2. The minimum absolute atomic E-state index is 0.00247. The fourth-order valence-corrected chi connectivity index (χ4v) is 4.92. The summed E-state index contributed by atoms with van der Waals surface area (Å²) < 4.78 is 2.98. The van der Waals surface area contributed by atoms with Gasteiger partial charge >= 0.3 is 0 Å². The molecule has 2 heterocycles. The van der Waals surface area contributed by atoms with Crippen molar-refractivity contribution in [2.24, 2.45) is 5.10 Å². The molecule has 5 rings (SSSR count). The number of thiophene rings is 1. The highest BCUT2D eigenvalue weighted by Gasteiger charge is 2.13. The van der Waals surface area contributed by atoms with Crippen molar-refractivity contribution in [1.29, 1.82) is 0 Å². The maximum Gasteiger partial charge on any atom is 0.281 e. The average molecular weight is 469 g/mol. The third-order valence-electron chi connectivity index (χ3n) is 5.56. The van der Waals surface area contributed by atoms with Gasteiger partial charge in [0, 0.05) is 51.4 Å². The number of nitrogens with zero attached hydrogens (tertiary/aromatic N) is 3. The van der Waals surface area contributed by atoms with E-state index in [9.17, 15) is 14.9 Å². The second-order valence-corrected chi connectivity index (χ2v) is 9.09. The van der Waals surface area contributed by atoms with Gasteiger partial charge < -0.3 is 4.57 Å². The summed E-state index contributed by atoms with van der Waals surface area (Å²) in [5, 5.41) is 16.9. The summed E-state index contributed by atoms with van der Waals surface area (Å²) in [6.07, 6.45) is 3.67. The van der Waals surface area contributed by atoms with Crippen LogP contribution in [0.2, 0.25) is 0 Å². The van der Waals surface area contributed by atoms with E-state index in [4.69, 9.17) is 0 Å². The summed E-state index contributed by atoms with van der Waals surface area (Å²) in [6.45, 7) is 2.81. The zero-order valence-corrected chi connectivity index (χ0v) is 19.1. The molecule has 7 nitrogen and oxygen atoms in total. The lowest BCUT2D eigenvalue weighted by molar-refractivity contribution is -0.384. The van der Waals surface area contributed by atoms with Gasteiger partial charge in [-0.25, -0.2) is 5.43 Å². The Labute approximate surface area is 199 Å². The zero-order chi connectivity index (χ0) is 23.7. The van der Waals surface area contributed by atoms with Crippen LogP contribution in [0.15, 0.2) is 84.1 Å². The molecule has 0 aliphatic heterocycles. The smallest absolute Gasteiger partial charge is 0.281 e. The second-order valence-electron chi connectivity index (χ2n) is 8.01. The van der Waals surface area contributed by atoms with Crippen molar-refractivity contribution in [3.05, 3.63) is 111 Å². The van der Waals surface area contributed by atoms with Gasteiger partial charge in [0.25, 0.3) is 11.6 Å². The summed E-state index contributed by atoms with van der Waals surface area (Å²) >= 11 is 1.27. The Hall–Kier alpha value is -4.30. The number of carbonyl (C=O) groups excluding carboxylic acids is 1. The number of non-ortho nitro benzene ring substituents is 1. The highest BCUT2D eigenvalue weighted by atomic mass is 32.1. The topological polar surface area (TPSA) is 89.5 Å². The molecular weight excluding hydrogens is 448 g/mol. The lowest BCUT2D eigenvalue weighted by atomic mass is 10.1. The van der Waals surface area contributed by atoms with Gasteiger partial charge in [0.1, 0.15) is 0 Å². The molecule has 0 fully saturated rings. The highest BCUT2D eigenvalue weighted by molar-refractivity contribution is 7.20. The lowest BCUT2D eigenvalue weighted by Gasteiger charge is -2.06. The fraction of sp³-hybridized carbons (Fsp3) is 0.0769. The number of nitro benzene ring substituents is 1. The van der Waals surface area contributed by atoms with E-state index in [0.717, 1.165) is 27.7 Å². The summed E-state index contributed by atoms with van der Waals surface area (Å²) in [6, 6.07) is 22.7. The minimum atomic E-state index is -0.448. The van der Waals surface area contributed by atoms with E-state index in [-0.39, 0.29) is 11.6 Å². The van der Waals surface area contributed by atoms with E-state index in [0.29, 0.717) is 10.3 Å². The van der Waals surface area contributed by atoms with Crippen molar-refractivity contribution in [1.82, 2.24) is 9.99 Å². The fourth-order valence-electron chi connectivity index (χ4n) is 3.99. The molecule has 0 saturated heterocycles. The number of hydrogen-bond donors (Lipinski definition) is 1. The van der Waals surface area contributed by atoms with E-state index in [1.807, 2.05) is 24.4 Å². The van der Waals surface area contributed by atoms with Gasteiger partial charge in [0.2, 0.25) is 0 Å². The first-order chi connectivity index (χ1) is 16.5. The van der Waals surface area contributed by atoms with Crippen LogP contribution < -0.4 is 5.43 Å². The minimum Gasteiger partial charge on any atom is -0.342 e. The molecule has 0 spiro atoms. The first-order valence-electron chi connectivity index (χ1n) is 10.6. The number of rotatable bonds is 6. The van der Waals surface area contributed by atoms with Crippen molar-refractivity contribution < 1.29 is 9.72 Å². The number of benzene rings is 3. The Morgan fingerprint density at radius 1 is 1.12 bits per heavy atom. The monoisotopic (exact) mass is 468 g/mol. The van der Waals surface area contributed by atoms with Crippen LogP contribution in [-0.4, -0.2) is 21.6 Å². The summed E-state index contributed by atoms with van der Waals surface area (Å²) in [7, 11) is 0. The van der Waals surface area contributed by atoms with Crippen molar-refractivity contribution in [2.75, 3.05) is 0 Å². The van der Waals surface area contributed by atoms with Crippen LogP contribution >= 0.6 is 11.3 Å². The largest absolute Gasteiger partial charge is 0.342 e. The standard InChI is InChI=1S/C26H20N4O3S/c1-17-5-4-6-18(11-17)15-29-16-20(22-7-2-3-8-23(22)29)14-27-28-26(31)25-13-19-12-21(30(32)33)9-10-24(19)34-25/h2-14,16H,15H2,1H3,(H,28,31)/b27-14-. The number of aryl methyl sites for hydroxylation is 1. The Morgan fingerprint density at radius 2 is 1.97 bits per heavy atom. The van der Waals surface area contributed by atoms with Crippen LogP contribution in [0.3, 0.4) is 0 Å². The molecule has 2 aromatic heterocycles. The van der Waals surface area contributed by atoms with E-state index in [1.54, 1.807) is 18.3 Å². The lowest BCUT2D eigenvalue weighted by Crippen LogP contribution is -2.16. The van der Waals surface area contributed by atoms with Gasteiger partial charge in [-0.15, -0.1) is 11.3 Å². The van der Waals surface area contributed by atoms with Gasteiger partial charge in [-0.05, 0) is 30.7 Å². The number of amides is 1. The van der Waals surface area contributed by atoms with Gasteiger partial charge in [-0.1, -0.05) is 48.0 Å². The molecule has 1 amide bonds. The van der Waals surface area contributed by atoms with E-state index in [1.165, 1.54) is 34.6 Å². The van der Waals surface area contributed by atoms with Crippen molar-refractivity contribution in [2.45, 2.75) is 13.5 Å². The molecule has 0 bridgehead atoms. The average Bonchev–Trinajstić information content (AvgIpc) is 3.40. The van der Waals surface area contributed by atoms with Gasteiger partial charge in [-0.2, -0.15) is 5.10 Å². The van der Waals surface area contributed by atoms with Crippen molar-refractivity contribution in [3.63, 3.8) is 0 Å². The predicted octanol–water partition coefficient (Wildman–Crippen LogP) is 5.88. The maximum atomic E-state index is 12.6. The number of hydrazone groups is 1. The third kappa shape index (κ3) is 4.31. The third-order valence-corrected chi connectivity index (χ3v) is 6.67. The highest BCUT2D eigenvalue weighted by Crippen LogP contribution is 2.29. The second kappa shape index (κ2) is 8.92. The van der Waals surface area contributed by atoms with Crippen LogP contribution in [0.5, 0.6) is 0 Å². The first-order valence-corrected chi connectivity index (χ1v) is 11.4. The molecule has 0 unspecified atom stereocenters. The number of nitrogens with one attached hydrogen (secondary N) is 1. The molecule has 3 aromatic carbocycles. The molecule has 168 valence electrons. The molecule has 0 aliphatic rings. The molecule has 8 heteroatoms. The molecule has 0 aliphatic carbocycles. The first kappa shape index (κ1) is 21.5. The van der Waals surface area contributed by atoms with Gasteiger partial charge in [-0.3, -0.25) is 14.9 Å². The number of hydrogen-bond acceptors (Lipinski definition) is 5. The van der Waals surface area contributed by atoms with E-state index in [2.05, 4.69) is 52.3 Å². The summed E-state index contributed by atoms with van der Waals surface area (Å²) in [4.78, 5) is 23.6. The molecule has 0 saturated carbocycles. The predicted molar refractivity (Wildman–Crippen MR) is 136 cm³/mol. The van der Waals surface area contributed by atoms with Gasteiger partial charge in [0.15, 0.2) is 0 Å². The van der Waals surface area contributed by atoms with Gasteiger partial charge in [0.05, 0.1) is 16.0 Å². The molecule has 0 atom stereocenters. The van der Waals surface area contributed by atoms with Crippen LogP contribution in [-0.2, 0) is 6.54 Å². The normalized spacial score (nSPS) is 11.4. The van der Waals surface area contributed by atoms with Crippen LogP contribution in [0.1, 0.15) is 26.4 Å². The molecular formula is C26H20N4O3S. The van der Waals surface area contributed by atoms with Crippen molar-refractivity contribution in [3.8, 4) is 0 Å². The summed E-state index contributed by atoms with van der Waals surface area (Å²) in [5.41, 5.74) is 6.98. The molecule has 1 N–H and O–H groups in total. The maximum absolute atomic E-state index is 12.6. The Bertz CT molecular complexity index is 1580. The Morgan fingerprint density at radius 3 is 2.79 bits per heavy atom. The molecule has 5 aromatic rings. The Kier molecular flexibility index (Phi) is 5.65. The van der Waals surface area contributed by atoms with Crippen LogP contribution in [0.25, 0.3) is 21.0 Å². The van der Waals surface area contributed by atoms with Crippen LogP contribution in [0.4, 0.5) is 5.69 Å². The van der Waals surface area contributed by atoms with E-state index >= 15 is 0 Å². The number of aromatic nitrogens is 1. The Balaban J connectivity index is 1.36. The van der Waals surface area contributed by atoms with Crippen molar-refractivity contribution >= 4 is 50.1 Å². The zero-order valence-electron chi connectivity index (χ0n) is 18.3. The number of nitro groups is 1. The van der Waals surface area contributed by atoms with Crippen LogP contribution in [0, 0.1) is 17.0 Å². The number of para-hydroxylation sites is 1.